The van der Waals surface area contributed by atoms with Crippen LogP contribution in [0, 0.1) is 0 Å². The summed E-state index contributed by atoms with van der Waals surface area (Å²) >= 11 is 0.380. The summed E-state index contributed by atoms with van der Waals surface area (Å²) < 4.78 is 44.6. The fraction of sp³-hybridized carbons (Fsp3) is 0.500. The molecule has 0 aromatic heterocycles. The lowest BCUT2D eigenvalue weighted by Gasteiger charge is -2.00. The van der Waals surface area contributed by atoms with Crippen LogP contribution in [0.4, 0.5) is 17.6 Å². The molecule has 0 aromatic rings. The predicted molar refractivity (Wildman–Crippen MR) is 28.8 cm³/mol. The minimum atomic E-state index is -4.20. The van der Waals surface area contributed by atoms with E-state index in [1.54, 1.807) is 0 Å². The topological polar surface area (TPSA) is 0 Å². The van der Waals surface area contributed by atoms with Crippen LogP contribution in [0.15, 0.2) is 11.7 Å². The first-order valence-electron chi connectivity index (χ1n) is 2.00. The Labute approximate surface area is 53.9 Å². The molecule has 5 heteroatoms. The van der Waals surface area contributed by atoms with Gasteiger partial charge in [0.25, 0.3) is 0 Å². The van der Waals surface area contributed by atoms with E-state index in [1.807, 2.05) is 0 Å². The van der Waals surface area contributed by atoms with E-state index in [9.17, 15) is 17.6 Å². The van der Waals surface area contributed by atoms with Crippen LogP contribution in [0.3, 0.4) is 0 Å². The van der Waals surface area contributed by atoms with E-state index in [0.717, 1.165) is 5.41 Å². The standard InChI is InChI=1S/C4H4F4S/c5-1-2-9-3-4(6,7)8/h1-2H,3H2. The average molecular weight is 160 g/mol. The number of rotatable bonds is 2. The van der Waals surface area contributed by atoms with Crippen LogP contribution in [-0.2, 0) is 0 Å². The minimum Gasteiger partial charge on any atom is -0.215 e. The highest BCUT2D eigenvalue weighted by Crippen LogP contribution is 2.21. The quantitative estimate of drug-likeness (QED) is 0.559. The van der Waals surface area contributed by atoms with Crippen LogP contribution < -0.4 is 0 Å². The number of thioether (sulfide) groups is 1. The molecule has 0 saturated carbocycles. The molecule has 0 saturated heterocycles. The Morgan fingerprint density at radius 3 is 2.22 bits per heavy atom. The van der Waals surface area contributed by atoms with E-state index in [2.05, 4.69) is 0 Å². The van der Waals surface area contributed by atoms with Gasteiger partial charge in [0.15, 0.2) is 0 Å². The smallest absolute Gasteiger partial charge is 0.215 e. The van der Waals surface area contributed by atoms with Crippen LogP contribution in [0.2, 0.25) is 0 Å². The van der Waals surface area contributed by atoms with E-state index < -0.39 is 11.9 Å². The summed E-state index contributed by atoms with van der Waals surface area (Å²) in [5, 5.41) is 0.757. The van der Waals surface area contributed by atoms with Gasteiger partial charge in [0.1, 0.15) is 0 Å². The van der Waals surface area contributed by atoms with Crippen molar-refractivity contribution < 1.29 is 17.6 Å². The van der Waals surface area contributed by atoms with E-state index >= 15 is 0 Å². The van der Waals surface area contributed by atoms with Crippen molar-refractivity contribution in [1.82, 2.24) is 0 Å². The summed E-state index contributed by atoms with van der Waals surface area (Å²) in [7, 11) is 0. The third kappa shape index (κ3) is 7.81. The average Bonchev–Trinajstić information content (AvgIpc) is 1.63. The van der Waals surface area contributed by atoms with Gasteiger partial charge >= 0.3 is 6.18 Å². The fourth-order valence-electron chi connectivity index (χ4n) is 0.179. The maximum Gasteiger partial charge on any atom is 0.398 e. The Balaban J connectivity index is 3.28. The van der Waals surface area contributed by atoms with E-state index in [-0.39, 0.29) is 6.33 Å². The Bertz CT molecular complexity index is 95.2. The number of halogens is 4. The van der Waals surface area contributed by atoms with Crippen molar-refractivity contribution in [2.75, 3.05) is 5.75 Å². The molecule has 0 spiro atoms. The molecule has 0 aliphatic carbocycles. The fourth-order valence-corrected chi connectivity index (χ4v) is 0.537. The van der Waals surface area contributed by atoms with Gasteiger partial charge in [-0.05, 0) is 5.41 Å². The third-order valence-electron chi connectivity index (χ3n) is 0.395. The van der Waals surface area contributed by atoms with Gasteiger partial charge in [-0.25, -0.2) is 4.39 Å². The molecule has 0 N–H and O–H groups in total. The SMILES string of the molecule is FC=CSCC(F)(F)F. The second-order valence-corrected chi connectivity index (χ2v) is 2.08. The minimum absolute atomic E-state index is 0.0798. The number of hydrogen-bond donors (Lipinski definition) is 0. The molecular weight excluding hydrogens is 156 g/mol. The summed E-state index contributed by atoms with van der Waals surface area (Å²) in [4.78, 5) is 0. The molecule has 0 aliphatic heterocycles. The summed E-state index contributed by atoms with van der Waals surface area (Å²) in [5.41, 5.74) is 0. The van der Waals surface area contributed by atoms with Crippen molar-refractivity contribution in [2.24, 2.45) is 0 Å². The Morgan fingerprint density at radius 2 is 1.89 bits per heavy atom. The number of hydrogen-bond acceptors (Lipinski definition) is 1. The van der Waals surface area contributed by atoms with Crippen LogP contribution in [0.1, 0.15) is 0 Å². The maximum absolute atomic E-state index is 11.2. The molecule has 0 unspecified atom stereocenters. The highest BCUT2D eigenvalue weighted by molar-refractivity contribution is 8.02. The zero-order valence-electron chi connectivity index (χ0n) is 4.28. The van der Waals surface area contributed by atoms with Crippen molar-refractivity contribution in [3.63, 3.8) is 0 Å². The summed E-state index contributed by atoms with van der Waals surface area (Å²) in [6.45, 7) is 0. The summed E-state index contributed by atoms with van der Waals surface area (Å²) in [6.07, 6.45) is -4.12. The summed E-state index contributed by atoms with van der Waals surface area (Å²) in [5.74, 6) is -1.03. The molecule has 0 radical (unpaired) electrons. The van der Waals surface area contributed by atoms with Crippen LogP contribution in [-0.4, -0.2) is 11.9 Å². The highest BCUT2D eigenvalue weighted by Gasteiger charge is 2.26. The first-order valence-corrected chi connectivity index (χ1v) is 3.05. The monoisotopic (exact) mass is 160 g/mol. The molecule has 0 fully saturated rings. The van der Waals surface area contributed by atoms with Gasteiger partial charge in [-0.15, -0.1) is 11.8 Å². The molecule has 0 bridgehead atoms. The molecule has 0 rings (SSSR count). The molecule has 0 atom stereocenters. The summed E-state index contributed by atoms with van der Waals surface area (Å²) in [6, 6.07) is 0. The molecule has 9 heavy (non-hydrogen) atoms. The van der Waals surface area contributed by atoms with Gasteiger partial charge in [-0.2, -0.15) is 13.2 Å². The van der Waals surface area contributed by atoms with Gasteiger partial charge in [-0.3, -0.25) is 0 Å². The second kappa shape index (κ2) is 3.76. The second-order valence-electron chi connectivity index (χ2n) is 1.19. The zero-order chi connectivity index (χ0) is 7.33. The van der Waals surface area contributed by atoms with Gasteiger partial charge < -0.3 is 0 Å². The molecular formula is C4H4F4S. The van der Waals surface area contributed by atoms with Crippen molar-refractivity contribution in [2.45, 2.75) is 6.18 Å². The Morgan fingerprint density at radius 1 is 1.33 bits per heavy atom. The van der Waals surface area contributed by atoms with Crippen molar-refractivity contribution in [3.8, 4) is 0 Å². The molecule has 0 nitrogen and oxygen atoms in total. The van der Waals surface area contributed by atoms with Crippen LogP contribution >= 0.6 is 11.8 Å². The Kier molecular flexibility index (Phi) is 3.68. The zero-order valence-corrected chi connectivity index (χ0v) is 5.10. The normalized spacial score (nSPS) is 12.9. The third-order valence-corrected chi connectivity index (χ3v) is 1.18. The highest BCUT2D eigenvalue weighted by atomic mass is 32.2. The molecule has 0 aromatic carbocycles. The predicted octanol–water partition coefficient (Wildman–Crippen LogP) is 2.72. The molecule has 54 valence electrons. The lowest BCUT2D eigenvalue weighted by molar-refractivity contribution is -0.105. The lowest BCUT2D eigenvalue weighted by Crippen LogP contribution is -2.09. The van der Waals surface area contributed by atoms with Crippen molar-refractivity contribution >= 4 is 11.8 Å². The Hall–Kier alpha value is -0.190. The molecule has 0 heterocycles. The van der Waals surface area contributed by atoms with E-state index in [0.29, 0.717) is 11.8 Å². The van der Waals surface area contributed by atoms with Gasteiger partial charge in [0.2, 0.25) is 0 Å². The number of alkyl halides is 3. The van der Waals surface area contributed by atoms with Crippen LogP contribution in [0.5, 0.6) is 0 Å². The van der Waals surface area contributed by atoms with Crippen molar-refractivity contribution in [3.05, 3.63) is 11.7 Å². The van der Waals surface area contributed by atoms with Crippen molar-refractivity contribution in [1.29, 1.82) is 0 Å². The first-order chi connectivity index (χ1) is 4.06. The van der Waals surface area contributed by atoms with Crippen LogP contribution in [0.25, 0.3) is 0 Å². The van der Waals surface area contributed by atoms with E-state index in [1.165, 1.54) is 0 Å². The van der Waals surface area contributed by atoms with E-state index in [4.69, 9.17) is 0 Å². The van der Waals surface area contributed by atoms with Gasteiger partial charge in [-0.1, -0.05) is 0 Å². The van der Waals surface area contributed by atoms with Gasteiger partial charge in [0, 0.05) is 0 Å². The lowest BCUT2D eigenvalue weighted by atomic mass is 10.8. The van der Waals surface area contributed by atoms with Gasteiger partial charge in [0.05, 0.1) is 12.1 Å². The largest absolute Gasteiger partial charge is 0.398 e. The first kappa shape index (κ1) is 8.81. The molecule has 0 aliphatic rings. The molecule has 0 amide bonds. The maximum atomic E-state index is 11.2.